The highest BCUT2D eigenvalue weighted by atomic mass is 35.5. The predicted molar refractivity (Wildman–Crippen MR) is 132 cm³/mol. The Kier molecular flexibility index (Phi) is 10.3. The first-order valence-corrected chi connectivity index (χ1v) is 11.8. The lowest BCUT2D eigenvalue weighted by Gasteiger charge is -2.34. The molecule has 13 heteroatoms. The molecular weight excluding hydrogens is 529 g/mol. The Balaban J connectivity index is 0.000000934. The zero-order chi connectivity index (χ0) is 27.5. The van der Waals surface area contributed by atoms with Crippen LogP contribution in [0.5, 0.6) is 17.4 Å². The van der Waals surface area contributed by atoms with Gasteiger partial charge < -0.3 is 19.5 Å². The number of rotatable bonds is 6. The number of carboxylic acid groups (broad SMARTS) is 1. The fourth-order valence-electron chi connectivity index (χ4n) is 3.46. The predicted octanol–water partition coefficient (Wildman–Crippen LogP) is 5.55. The lowest BCUT2D eigenvalue weighted by molar-refractivity contribution is -0.137. The molecule has 3 heterocycles. The van der Waals surface area contributed by atoms with E-state index >= 15 is 0 Å². The molecule has 4 rings (SSSR count). The Morgan fingerprint density at radius 3 is 2.18 bits per heavy atom. The van der Waals surface area contributed by atoms with Crippen LogP contribution in [0.1, 0.15) is 11.1 Å². The number of alkyl halides is 3. The molecule has 1 saturated heterocycles. The van der Waals surface area contributed by atoms with E-state index in [4.69, 9.17) is 19.4 Å². The first-order valence-electron chi connectivity index (χ1n) is 11.4. The SMILES string of the molecule is O=C(O)Cl.O=C(Oc1ccc(Oc2ccc(C(F)(F)F)cn2)cc1)N1CCN(CCc2cccnc2)CC1. The second-order valence-electron chi connectivity index (χ2n) is 8.02. The molecule has 1 fully saturated rings. The molecule has 202 valence electrons. The van der Waals surface area contributed by atoms with Crippen LogP contribution in [0.3, 0.4) is 0 Å². The number of halogens is 4. The normalized spacial score (nSPS) is 13.7. The van der Waals surface area contributed by atoms with Crippen molar-refractivity contribution < 1.29 is 37.3 Å². The second-order valence-corrected chi connectivity index (χ2v) is 8.34. The van der Waals surface area contributed by atoms with Crippen LogP contribution in [0.4, 0.5) is 22.8 Å². The molecular formula is C25H24ClF3N4O5. The number of benzene rings is 1. The minimum atomic E-state index is -4.45. The van der Waals surface area contributed by atoms with Crippen molar-refractivity contribution >= 4 is 23.1 Å². The minimum Gasteiger partial charge on any atom is -0.469 e. The molecule has 3 aromatic rings. The fraction of sp³-hybridized carbons (Fsp3) is 0.280. The van der Waals surface area contributed by atoms with E-state index in [0.717, 1.165) is 38.2 Å². The van der Waals surface area contributed by atoms with Crippen LogP contribution in [0, 0.1) is 0 Å². The van der Waals surface area contributed by atoms with Crippen LogP contribution in [-0.2, 0) is 12.6 Å². The maximum atomic E-state index is 12.6. The van der Waals surface area contributed by atoms with E-state index < -0.39 is 23.3 Å². The quantitative estimate of drug-likeness (QED) is 0.397. The summed E-state index contributed by atoms with van der Waals surface area (Å²) in [6.07, 6.45) is 0.363. The van der Waals surface area contributed by atoms with Gasteiger partial charge in [-0.3, -0.25) is 9.88 Å². The molecule has 9 nitrogen and oxygen atoms in total. The monoisotopic (exact) mass is 552 g/mol. The van der Waals surface area contributed by atoms with Gasteiger partial charge in [-0.05, 0) is 48.4 Å². The highest BCUT2D eigenvalue weighted by Gasteiger charge is 2.30. The van der Waals surface area contributed by atoms with Gasteiger partial charge in [-0.25, -0.2) is 14.6 Å². The Bertz CT molecular complexity index is 1170. The van der Waals surface area contributed by atoms with Crippen molar-refractivity contribution in [1.29, 1.82) is 0 Å². The smallest absolute Gasteiger partial charge is 0.417 e. The summed E-state index contributed by atoms with van der Waals surface area (Å²) in [4.78, 5) is 33.0. The molecule has 38 heavy (non-hydrogen) atoms. The Labute approximate surface area is 221 Å². The highest BCUT2D eigenvalue weighted by molar-refractivity contribution is 6.60. The van der Waals surface area contributed by atoms with Gasteiger partial charge in [-0.1, -0.05) is 6.07 Å². The number of amides is 1. The van der Waals surface area contributed by atoms with Crippen molar-refractivity contribution in [2.24, 2.45) is 0 Å². The van der Waals surface area contributed by atoms with Crippen molar-refractivity contribution in [1.82, 2.24) is 19.8 Å². The topological polar surface area (TPSA) is 105 Å². The van der Waals surface area contributed by atoms with E-state index in [-0.39, 0.29) is 5.88 Å². The molecule has 1 amide bonds. The average molecular weight is 553 g/mol. The third kappa shape index (κ3) is 9.52. The lowest BCUT2D eigenvalue weighted by atomic mass is 10.2. The lowest BCUT2D eigenvalue weighted by Crippen LogP contribution is -2.49. The Hall–Kier alpha value is -3.90. The number of piperazine rings is 1. The van der Waals surface area contributed by atoms with E-state index in [1.54, 1.807) is 35.4 Å². The van der Waals surface area contributed by atoms with E-state index in [9.17, 15) is 18.0 Å². The van der Waals surface area contributed by atoms with Gasteiger partial charge in [0.05, 0.1) is 5.56 Å². The van der Waals surface area contributed by atoms with Gasteiger partial charge in [0, 0.05) is 69.0 Å². The third-order valence-corrected chi connectivity index (χ3v) is 5.38. The number of ether oxygens (including phenoxy) is 2. The maximum Gasteiger partial charge on any atom is 0.417 e. The van der Waals surface area contributed by atoms with Crippen LogP contribution in [0.25, 0.3) is 0 Å². The van der Waals surface area contributed by atoms with Gasteiger partial charge in [0.1, 0.15) is 11.5 Å². The van der Waals surface area contributed by atoms with Gasteiger partial charge in [0.15, 0.2) is 0 Å². The number of hydrogen-bond donors (Lipinski definition) is 1. The van der Waals surface area contributed by atoms with Gasteiger partial charge in [-0.2, -0.15) is 13.2 Å². The summed E-state index contributed by atoms with van der Waals surface area (Å²) in [5, 5.41) is 7.18. The standard InChI is InChI=1S/C24H23F3N4O3.CHClO2/c25-24(26,27)19-3-8-22(29-17-19)33-20-4-6-21(7-5-20)34-23(32)31-14-12-30(13-15-31)11-9-18-2-1-10-28-16-18;2-1(3)4/h1-8,10,16-17H,9,11-15H2;(H,3,4). The van der Waals surface area contributed by atoms with Crippen molar-refractivity contribution in [2.75, 3.05) is 32.7 Å². The summed E-state index contributed by atoms with van der Waals surface area (Å²) in [7, 11) is 0. The molecule has 0 radical (unpaired) electrons. The summed E-state index contributed by atoms with van der Waals surface area (Å²) < 4.78 is 48.7. The zero-order valence-electron chi connectivity index (χ0n) is 20.0. The van der Waals surface area contributed by atoms with Crippen molar-refractivity contribution in [3.05, 3.63) is 78.2 Å². The Morgan fingerprint density at radius 1 is 0.974 bits per heavy atom. The van der Waals surface area contributed by atoms with Crippen LogP contribution in [0.2, 0.25) is 0 Å². The largest absolute Gasteiger partial charge is 0.469 e. The second kappa shape index (κ2) is 13.6. The molecule has 1 N–H and O–H groups in total. The number of carbonyl (C=O) groups is 2. The minimum absolute atomic E-state index is 0.0270. The molecule has 0 spiro atoms. The van der Waals surface area contributed by atoms with E-state index in [1.165, 1.54) is 5.56 Å². The number of carbonyl (C=O) groups excluding carboxylic acids is 1. The molecule has 2 aromatic heterocycles. The number of aromatic nitrogens is 2. The van der Waals surface area contributed by atoms with Crippen LogP contribution in [0.15, 0.2) is 67.1 Å². The van der Waals surface area contributed by atoms with Gasteiger partial charge in [-0.15, -0.1) is 0 Å². The van der Waals surface area contributed by atoms with Crippen molar-refractivity contribution in [2.45, 2.75) is 12.6 Å². The summed E-state index contributed by atoms with van der Waals surface area (Å²) in [6.45, 7) is 3.59. The molecule has 0 bridgehead atoms. The molecule has 0 aliphatic carbocycles. The van der Waals surface area contributed by atoms with Crippen LogP contribution in [-0.4, -0.2) is 69.1 Å². The molecule has 1 aromatic carbocycles. The van der Waals surface area contributed by atoms with E-state index in [1.807, 2.05) is 12.3 Å². The summed E-state index contributed by atoms with van der Waals surface area (Å²) in [5.74, 6) is 0.727. The molecule has 0 atom stereocenters. The number of pyridine rings is 2. The first-order chi connectivity index (χ1) is 18.1. The number of nitrogens with zero attached hydrogens (tertiary/aromatic N) is 4. The molecule has 0 unspecified atom stereocenters. The van der Waals surface area contributed by atoms with Gasteiger partial charge >= 0.3 is 17.7 Å². The fourth-order valence-corrected chi connectivity index (χ4v) is 3.46. The summed E-state index contributed by atoms with van der Waals surface area (Å²) in [5.41, 5.74) is -1.03. The first kappa shape index (κ1) is 28.7. The molecule has 1 aliphatic rings. The summed E-state index contributed by atoms with van der Waals surface area (Å²) in [6, 6.07) is 12.2. The van der Waals surface area contributed by atoms with Gasteiger partial charge in [0.25, 0.3) is 0 Å². The maximum absolute atomic E-state index is 12.6. The number of hydrogen-bond acceptors (Lipinski definition) is 7. The van der Waals surface area contributed by atoms with Crippen molar-refractivity contribution in [3.8, 4) is 17.4 Å². The molecule has 0 saturated carbocycles. The Morgan fingerprint density at radius 2 is 1.63 bits per heavy atom. The van der Waals surface area contributed by atoms with Crippen molar-refractivity contribution in [3.63, 3.8) is 0 Å². The summed E-state index contributed by atoms with van der Waals surface area (Å²) >= 11 is 4.19. The van der Waals surface area contributed by atoms with Crippen LogP contribution >= 0.6 is 11.6 Å². The van der Waals surface area contributed by atoms with E-state index in [0.29, 0.717) is 30.8 Å². The van der Waals surface area contributed by atoms with Crippen LogP contribution < -0.4 is 9.47 Å². The average Bonchev–Trinajstić information content (AvgIpc) is 2.89. The zero-order valence-corrected chi connectivity index (χ0v) is 20.7. The highest BCUT2D eigenvalue weighted by Crippen LogP contribution is 2.30. The third-order valence-electron chi connectivity index (χ3n) is 5.38. The van der Waals surface area contributed by atoms with Gasteiger partial charge in [0.2, 0.25) is 5.88 Å². The van der Waals surface area contributed by atoms with E-state index in [2.05, 4.69) is 32.5 Å². The molecule has 1 aliphatic heterocycles.